The molecule has 0 atom stereocenters. The van der Waals surface area contributed by atoms with Crippen LogP contribution in [0.3, 0.4) is 0 Å². The highest BCUT2D eigenvalue weighted by Crippen LogP contribution is 2.28. The molecule has 162 valence electrons. The number of nitrogens with zero attached hydrogens (tertiary/aromatic N) is 1. The van der Waals surface area contributed by atoms with Gasteiger partial charge in [-0.2, -0.15) is 13.2 Å². The van der Waals surface area contributed by atoms with Gasteiger partial charge in [-0.15, -0.1) is 0 Å². The molecule has 0 aliphatic rings. The zero-order valence-corrected chi connectivity index (χ0v) is 17.4. The summed E-state index contributed by atoms with van der Waals surface area (Å²) in [7, 11) is 0. The van der Waals surface area contributed by atoms with Crippen LogP contribution in [0.2, 0.25) is 0 Å². The van der Waals surface area contributed by atoms with E-state index in [0.29, 0.717) is 30.7 Å². The average Bonchev–Trinajstić information content (AvgIpc) is 2.68. The van der Waals surface area contributed by atoms with Gasteiger partial charge in [0.25, 0.3) is 5.91 Å². The number of alkyl halides is 3. The van der Waals surface area contributed by atoms with Gasteiger partial charge in [-0.3, -0.25) is 9.78 Å². The maximum absolute atomic E-state index is 12.5. The van der Waals surface area contributed by atoms with E-state index in [1.807, 2.05) is 13.0 Å². The van der Waals surface area contributed by atoms with Crippen molar-refractivity contribution >= 4 is 29.1 Å². The lowest BCUT2D eigenvalue weighted by atomic mass is 10.2. The number of hydrogen-bond donors (Lipinski definition) is 1. The topological polar surface area (TPSA) is 60.5 Å². The van der Waals surface area contributed by atoms with Gasteiger partial charge in [-0.05, 0) is 55.3 Å². The van der Waals surface area contributed by atoms with Crippen molar-refractivity contribution in [1.29, 1.82) is 0 Å². The minimum atomic E-state index is -4.49. The van der Waals surface area contributed by atoms with Crippen LogP contribution >= 0.6 is 23.2 Å². The first-order valence-corrected chi connectivity index (χ1v) is 9.61. The Hall–Kier alpha value is -2.45. The highest BCUT2D eigenvalue weighted by Gasteiger charge is 2.30. The third-order valence-electron chi connectivity index (χ3n) is 3.82. The molecule has 0 aliphatic carbocycles. The third-order valence-corrected chi connectivity index (χ3v) is 4.13. The van der Waals surface area contributed by atoms with Crippen molar-refractivity contribution in [2.24, 2.45) is 0 Å². The summed E-state index contributed by atoms with van der Waals surface area (Å²) in [6.45, 7) is 2.74. The van der Waals surface area contributed by atoms with Crippen LogP contribution in [0, 0.1) is 6.92 Å². The van der Waals surface area contributed by atoms with Crippen LogP contribution in [0.1, 0.15) is 28.0 Å². The van der Waals surface area contributed by atoms with Crippen LogP contribution in [0.15, 0.2) is 47.1 Å². The van der Waals surface area contributed by atoms with Gasteiger partial charge in [0, 0.05) is 12.7 Å². The van der Waals surface area contributed by atoms with Gasteiger partial charge < -0.3 is 14.8 Å². The number of benzene rings is 1. The zero-order valence-electron chi connectivity index (χ0n) is 15.9. The molecule has 0 radical (unpaired) electrons. The van der Waals surface area contributed by atoms with Crippen molar-refractivity contribution in [1.82, 2.24) is 10.3 Å². The molecule has 0 saturated carbocycles. The summed E-state index contributed by atoms with van der Waals surface area (Å²) in [4.78, 5) is 15.5. The third kappa shape index (κ3) is 7.76. The maximum atomic E-state index is 12.5. The largest absolute Gasteiger partial charge is 0.494 e. The molecular weight excluding hydrogens is 444 g/mol. The minimum Gasteiger partial charge on any atom is -0.494 e. The van der Waals surface area contributed by atoms with Gasteiger partial charge in [-0.25, -0.2) is 0 Å². The summed E-state index contributed by atoms with van der Waals surface area (Å²) < 4.78 is 48.8. The Balaban J connectivity index is 1.73. The number of pyridine rings is 1. The van der Waals surface area contributed by atoms with Gasteiger partial charge in [0.1, 0.15) is 28.3 Å². The predicted molar refractivity (Wildman–Crippen MR) is 108 cm³/mol. The first kappa shape index (κ1) is 23.8. The molecule has 1 aromatic carbocycles. The number of hydrogen-bond acceptors (Lipinski definition) is 4. The maximum Gasteiger partial charge on any atom is 0.417 e. The molecule has 1 amide bonds. The highest BCUT2D eigenvalue weighted by molar-refractivity contribution is 6.55. The van der Waals surface area contributed by atoms with Crippen molar-refractivity contribution in [2.45, 2.75) is 19.5 Å². The zero-order chi connectivity index (χ0) is 22.1. The van der Waals surface area contributed by atoms with Gasteiger partial charge in [0.05, 0.1) is 12.2 Å². The molecule has 2 aromatic rings. The fraction of sp³-hybridized carbons (Fsp3) is 0.300. The molecule has 0 aliphatic heterocycles. The SMILES string of the molecule is Cc1cc(OCCCNC(=O)c2ccc(C(F)(F)F)cn2)ccc1OCC=C(Cl)Cl. The Kier molecular flexibility index (Phi) is 8.80. The number of amides is 1. The van der Waals surface area contributed by atoms with Crippen LogP contribution in [-0.2, 0) is 6.18 Å². The lowest BCUT2D eigenvalue weighted by Crippen LogP contribution is -2.26. The van der Waals surface area contributed by atoms with E-state index in [0.717, 1.165) is 17.7 Å². The number of ether oxygens (including phenoxy) is 2. The molecule has 0 unspecified atom stereocenters. The predicted octanol–water partition coefficient (Wildman–Crippen LogP) is 5.31. The molecule has 10 heteroatoms. The van der Waals surface area contributed by atoms with Crippen molar-refractivity contribution < 1.29 is 27.4 Å². The van der Waals surface area contributed by atoms with E-state index in [4.69, 9.17) is 32.7 Å². The van der Waals surface area contributed by atoms with E-state index in [1.54, 1.807) is 12.1 Å². The van der Waals surface area contributed by atoms with E-state index in [1.165, 1.54) is 6.08 Å². The van der Waals surface area contributed by atoms with Gasteiger partial charge in [-0.1, -0.05) is 23.2 Å². The number of halogens is 5. The van der Waals surface area contributed by atoms with E-state index in [2.05, 4.69) is 10.3 Å². The monoisotopic (exact) mass is 462 g/mol. The first-order chi connectivity index (χ1) is 14.2. The van der Waals surface area contributed by atoms with Gasteiger partial charge >= 0.3 is 6.18 Å². The Morgan fingerprint density at radius 3 is 2.57 bits per heavy atom. The summed E-state index contributed by atoms with van der Waals surface area (Å²) in [6, 6.07) is 7.18. The number of aryl methyl sites for hydroxylation is 1. The molecule has 1 N–H and O–H groups in total. The van der Waals surface area contributed by atoms with Crippen molar-refractivity contribution in [3.63, 3.8) is 0 Å². The first-order valence-electron chi connectivity index (χ1n) is 8.85. The second-order valence-corrected chi connectivity index (χ2v) is 7.13. The fourth-order valence-corrected chi connectivity index (χ4v) is 2.44. The van der Waals surface area contributed by atoms with E-state index in [-0.39, 0.29) is 23.3 Å². The molecule has 0 fully saturated rings. The normalized spacial score (nSPS) is 11.0. The molecule has 0 bridgehead atoms. The second-order valence-electron chi connectivity index (χ2n) is 6.12. The molecule has 1 heterocycles. The van der Waals surface area contributed by atoms with Gasteiger partial charge in [0.2, 0.25) is 0 Å². The summed E-state index contributed by atoms with van der Waals surface area (Å²) in [5.41, 5.74) is -0.118. The lowest BCUT2D eigenvalue weighted by Gasteiger charge is -2.11. The Bertz CT molecular complexity index is 884. The summed E-state index contributed by atoms with van der Waals surface area (Å²) in [5.74, 6) is 0.762. The summed E-state index contributed by atoms with van der Waals surface area (Å²) >= 11 is 11.0. The van der Waals surface area contributed by atoms with Crippen LogP contribution < -0.4 is 14.8 Å². The average molecular weight is 463 g/mol. The Morgan fingerprint density at radius 1 is 1.20 bits per heavy atom. The fourth-order valence-electron chi connectivity index (χ4n) is 2.32. The van der Waals surface area contributed by atoms with Crippen LogP contribution in [0.4, 0.5) is 13.2 Å². The molecule has 2 rings (SSSR count). The number of carbonyl (C=O) groups is 1. The van der Waals surface area contributed by atoms with Crippen LogP contribution in [0.25, 0.3) is 0 Å². The standard InChI is InChI=1S/C20H19Cl2F3N2O3/c1-13-11-15(4-6-17(13)30-10-7-18(21)22)29-9-2-8-26-19(28)16-5-3-14(12-27-16)20(23,24)25/h3-7,11-12H,2,8-10H2,1H3,(H,26,28). The molecule has 5 nitrogen and oxygen atoms in total. The number of carbonyl (C=O) groups excluding carboxylic acids is 1. The van der Waals surface area contributed by atoms with Crippen LogP contribution in [0.5, 0.6) is 11.5 Å². The van der Waals surface area contributed by atoms with Crippen molar-refractivity contribution in [3.05, 3.63) is 63.9 Å². The Labute approximate surface area is 181 Å². The summed E-state index contributed by atoms with van der Waals surface area (Å²) in [5, 5.41) is 2.59. The molecular formula is C20H19Cl2F3N2O3. The molecule has 1 aromatic heterocycles. The van der Waals surface area contributed by atoms with Crippen molar-refractivity contribution in [3.8, 4) is 11.5 Å². The number of rotatable bonds is 9. The minimum absolute atomic E-state index is 0.0829. The van der Waals surface area contributed by atoms with Crippen LogP contribution in [-0.4, -0.2) is 30.6 Å². The molecule has 0 spiro atoms. The summed E-state index contributed by atoms with van der Waals surface area (Å²) in [6.07, 6.45) is -1.82. The lowest BCUT2D eigenvalue weighted by molar-refractivity contribution is -0.137. The van der Waals surface area contributed by atoms with Crippen molar-refractivity contribution in [2.75, 3.05) is 19.8 Å². The number of aromatic nitrogens is 1. The van der Waals surface area contributed by atoms with Gasteiger partial charge in [0.15, 0.2) is 0 Å². The second kappa shape index (κ2) is 11.1. The number of nitrogens with one attached hydrogen (secondary N) is 1. The molecule has 30 heavy (non-hydrogen) atoms. The highest BCUT2D eigenvalue weighted by atomic mass is 35.5. The quantitative estimate of drug-likeness (QED) is 0.513. The van der Waals surface area contributed by atoms with E-state index >= 15 is 0 Å². The smallest absolute Gasteiger partial charge is 0.417 e. The van der Waals surface area contributed by atoms with E-state index < -0.39 is 17.6 Å². The van der Waals surface area contributed by atoms with E-state index in [9.17, 15) is 18.0 Å². The molecule has 0 saturated heterocycles. The Morgan fingerprint density at radius 2 is 1.97 bits per heavy atom.